The molecule has 2 aromatic carbocycles. The first kappa shape index (κ1) is 22.1. The Bertz CT molecular complexity index is 853. The Balaban J connectivity index is 1.87. The number of hydrogen-bond donors (Lipinski definition) is 1. The van der Waals surface area contributed by atoms with Crippen LogP contribution < -0.4 is 19.5 Å². The Kier molecular flexibility index (Phi) is 7.88. The zero-order chi connectivity index (χ0) is 21.4. The van der Waals surface area contributed by atoms with Gasteiger partial charge in [-0.2, -0.15) is 0 Å². The van der Waals surface area contributed by atoms with E-state index < -0.39 is 5.97 Å². The van der Waals surface area contributed by atoms with Crippen molar-refractivity contribution in [2.75, 3.05) is 33.3 Å². The van der Waals surface area contributed by atoms with E-state index >= 15 is 0 Å². The fourth-order valence-corrected chi connectivity index (χ4v) is 2.88. The molecule has 2 rings (SSSR count). The van der Waals surface area contributed by atoms with Crippen molar-refractivity contribution >= 4 is 17.6 Å². The zero-order valence-electron chi connectivity index (χ0n) is 17.5. The van der Waals surface area contributed by atoms with Gasteiger partial charge in [0.25, 0.3) is 5.91 Å². The minimum Gasteiger partial charge on any atom is -0.493 e. The molecule has 0 saturated heterocycles. The van der Waals surface area contributed by atoms with Gasteiger partial charge in [-0.25, -0.2) is 0 Å². The second-order valence-electron chi connectivity index (χ2n) is 6.56. The van der Waals surface area contributed by atoms with Crippen molar-refractivity contribution < 1.29 is 28.5 Å². The lowest BCUT2D eigenvalue weighted by atomic mass is 10.1. The van der Waals surface area contributed by atoms with E-state index in [4.69, 9.17) is 18.9 Å². The summed E-state index contributed by atoms with van der Waals surface area (Å²) in [7, 11) is 4.59. The number of carbonyl (C=O) groups is 2. The molecule has 7 heteroatoms. The third-order valence-electron chi connectivity index (χ3n) is 4.36. The van der Waals surface area contributed by atoms with E-state index in [0.29, 0.717) is 29.4 Å². The fraction of sp³-hybridized carbons (Fsp3) is 0.364. The van der Waals surface area contributed by atoms with Crippen molar-refractivity contribution in [3.63, 3.8) is 0 Å². The first-order valence-electron chi connectivity index (χ1n) is 9.19. The topological polar surface area (TPSA) is 83.1 Å². The average Bonchev–Trinajstić information content (AvgIpc) is 2.71. The van der Waals surface area contributed by atoms with Crippen LogP contribution in [0, 0.1) is 13.8 Å². The summed E-state index contributed by atoms with van der Waals surface area (Å²) in [5.41, 5.74) is 3.59. The minimum absolute atomic E-state index is 0.121. The zero-order valence-corrected chi connectivity index (χ0v) is 17.5. The highest BCUT2D eigenvalue weighted by Gasteiger charge is 2.15. The average molecular weight is 401 g/mol. The third kappa shape index (κ3) is 6.14. The van der Waals surface area contributed by atoms with Crippen LogP contribution in [-0.4, -0.2) is 39.8 Å². The van der Waals surface area contributed by atoms with E-state index in [1.165, 1.54) is 21.3 Å². The van der Waals surface area contributed by atoms with Crippen molar-refractivity contribution in [1.82, 2.24) is 0 Å². The molecule has 0 radical (unpaired) electrons. The number of methoxy groups -OCH3 is 3. The molecular formula is C22H27NO6. The quantitative estimate of drug-likeness (QED) is 0.648. The van der Waals surface area contributed by atoms with Gasteiger partial charge in [-0.05, 0) is 49.6 Å². The van der Waals surface area contributed by atoms with Gasteiger partial charge in [-0.1, -0.05) is 17.7 Å². The van der Waals surface area contributed by atoms with E-state index in [1.807, 2.05) is 32.0 Å². The normalized spacial score (nSPS) is 10.2. The predicted octanol–water partition coefficient (Wildman–Crippen LogP) is 3.44. The van der Waals surface area contributed by atoms with Gasteiger partial charge in [0.1, 0.15) is 0 Å². The van der Waals surface area contributed by atoms with E-state index in [2.05, 4.69) is 5.32 Å². The molecular weight excluding hydrogens is 374 g/mol. The number of amides is 1. The van der Waals surface area contributed by atoms with E-state index in [-0.39, 0.29) is 18.9 Å². The van der Waals surface area contributed by atoms with Gasteiger partial charge in [-0.15, -0.1) is 0 Å². The molecule has 0 atom stereocenters. The summed E-state index contributed by atoms with van der Waals surface area (Å²) < 4.78 is 21.0. The Morgan fingerprint density at radius 3 is 2.14 bits per heavy atom. The molecule has 0 bridgehead atoms. The number of anilines is 1. The molecule has 0 aliphatic carbocycles. The van der Waals surface area contributed by atoms with Gasteiger partial charge in [0, 0.05) is 12.1 Å². The molecule has 0 aliphatic heterocycles. The monoisotopic (exact) mass is 401 g/mol. The first-order valence-corrected chi connectivity index (χ1v) is 9.19. The molecule has 0 heterocycles. The van der Waals surface area contributed by atoms with E-state index in [9.17, 15) is 9.59 Å². The number of benzene rings is 2. The Morgan fingerprint density at radius 2 is 1.59 bits per heavy atom. The highest BCUT2D eigenvalue weighted by Crippen LogP contribution is 2.38. The molecule has 0 spiro atoms. The van der Waals surface area contributed by atoms with Crippen molar-refractivity contribution in [3.8, 4) is 17.2 Å². The number of nitrogens with one attached hydrogen (secondary N) is 1. The van der Waals surface area contributed by atoms with Gasteiger partial charge in [0.2, 0.25) is 5.75 Å². The lowest BCUT2D eigenvalue weighted by Crippen LogP contribution is -2.21. The van der Waals surface area contributed by atoms with Gasteiger partial charge in [0.15, 0.2) is 18.1 Å². The van der Waals surface area contributed by atoms with Crippen LogP contribution in [0.25, 0.3) is 0 Å². The molecule has 0 unspecified atom stereocenters. The van der Waals surface area contributed by atoms with Crippen LogP contribution in [0.2, 0.25) is 0 Å². The van der Waals surface area contributed by atoms with E-state index in [1.54, 1.807) is 12.1 Å². The number of aryl methyl sites for hydroxylation is 3. The van der Waals surface area contributed by atoms with Crippen LogP contribution in [0.4, 0.5) is 5.69 Å². The van der Waals surface area contributed by atoms with E-state index in [0.717, 1.165) is 16.7 Å². The van der Waals surface area contributed by atoms with Crippen molar-refractivity contribution in [1.29, 1.82) is 0 Å². The Labute approximate surface area is 170 Å². The molecule has 0 aromatic heterocycles. The third-order valence-corrected chi connectivity index (χ3v) is 4.36. The molecule has 156 valence electrons. The van der Waals surface area contributed by atoms with Crippen LogP contribution in [0.15, 0.2) is 30.3 Å². The molecule has 0 fully saturated rings. The summed E-state index contributed by atoms with van der Waals surface area (Å²) >= 11 is 0. The lowest BCUT2D eigenvalue weighted by molar-refractivity contribution is -0.147. The van der Waals surface area contributed by atoms with Gasteiger partial charge in [0.05, 0.1) is 21.3 Å². The molecule has 0 aliphatic rings. The lowest BCUT2D eigenvalue weighted by Gasteiger charge is -2.14. The largest absolute Gasteiger partial charge is 0.493 e. The van der Waals surface area contributed by atoms with Gasteiger partial charge >= 0.3 is 5.97 Å². The predicted molar refractivity (Wildman–Crippen MR) is 110 cm³/mol. The first-order chi connectivity index (χ1) is 13.9. The minimum atomic E-state index is -0.463. The SMILES string of the molecule is COc1cc(CCC(=O)OCC(=O)Nc2ccc(C)cc2C)cc(OC)c1OC. The Morgan fingerprint density at radius 1 is 0.931 bits per heavy atom. The summed E-state index contributed by atoms with van der Waals surface area (Å²) in [6.45, 7) is 3.56. The molecule has 1 N–H and O–H groups in total. The summed E-state index contributed by atoms with van der Waals surface area (Å²) in [5.74, 6) is 0.683. The van der Waals surface area contributed by atoms with Gasteiger partial charge in [-0.3, -0.25) is 9.59 Å². The standard InChI is InChI=1S/C22H27NO6/c1-14-6-8-17(15(2)10-14)23-20(24)13-29-21(25)9-7-16-11-18(26-3)22(28-5)19(12-16)27-4/h6,8,10-12H,7,9,13H2,1-5H3,(H,23,24). The highest BCUT2D eigenvalue weighted by atomic mass is 16.5. The summed E-state index contributed by atoms with van der Waals surface area (Å²) in [6.07, 6.45) is 0.531. The highest BCUT2D eigenvalue weighted by molar-refractivity contribution is 5.93. The molecule has 2 aromatic rings. The maximum Gasteiger partial charge on any atom is 0.306 e. The number of ether oxygens (including phenoxy) is 4. The van der Waals surface area contributed by atoms with Gasteiger partial charge < -0.3 is 24.3 Å². The molecule has 7 nitrogen and oxygen atoms in total. The fourth-order valence-electron chi connectivity index (χ4n) is 2.88. The molecule has 1 amide bonds. The van der Waals surface area contributed by atoms with Crippen LogP contribution >= 0.6 is 0 Å². The number of rotatable bonds is 9. The molecule has 29 heavy (non-hydrogen) atoms. The number of hydrogen-bond acceptors (Lipinski definition) is 6. The maximum absolute atomic E-state index is 12.0. The smallest absolute Gasteiger partial charge is 0.306 e. The molecule has 0 saturated carbocycles. The summed E-state index contributed by atoms with van der Waals surface area (Å²) in [6, 6.07) is 9.27. The number of carbonyl (C=O) groups excluding carboxylic acids is 2. The van der Waals surface area contributed by atoms with Crippen LogP contribution in [0.5, 0.6) is 17.2 Å². The van der Waals surface area contributed by atoms with Crippen LogP contribution in [0.3, 0.4) is 0 Å². The summed E-state index contributed by atoms with van der Waals surface area (Å²) in [4.78, 5) is 24.1. The second-order valence-corrected chi connectivity index (χ2v) is 6.56. The van der Waals surface area contributed by atoms with Crippen molar-refractivity contribution in [2.45, 2.75) is 26.7 Å². The van der Waals surface area contributed by atoms with Crippen molar-refractivity contribution in [2.24, 2.45) is 0 Å². The maximum atomic E-state index is 12.0. The second kappa shape index (κ2) is 10.4. The van der Waals surface area contributed by atoms with Crippen LogP contribution in [-0.2, 0) is 20.7 Å². The van der Waals surface area contributed by atoms with Crippen LogP contribution in [0.1, 0.15) is 23.1 Å². The Hall–Kier alpha value is -3.22. The van der Waals surface area contributed by atoms with Crippen molar-refractivity contribution in [3.05, 3.63) is 47.0 Å². The number of esters is 1. The summed E-state index contributed by atoms with van der Waals surface area (Å²) in [5, 5.41) is 2.75.